The number of fused-ring (bicyclic) bond motifs is 8. The van der Waals surface area contributed by atoms with Crippen molar-refractivity contribution in [1.29, 1.82) is 0 Å². The first-order valence-electron chi connectivity index (χ1n) is 23.8. The van der Waals surface area contributed by atoms with E-state index in [1.54, 1.807) is 0 Å². The molecule has 320 valence electrons. The van der Waals surface area contributed by atoms with Gasteiger partial charge in [0.05, 0.1) is 23.8 Å². The smallest absolute Gasteiger partial charge is 0.0891 e. The van der Waals surface area contributed by atoms with E-state index in [1.165, 1.54) is 132 Å². The molecule has 2 aliphatic carbocycles. The van der Waals surface area contributed by atoms with Gasteiger partial charge in [-0.25, -0.2) is 0 Å². The number of rotatable bonds is 7. The van der Waals surface area contributed by atoms with Gasteiger partial charge >= 0.3 is 0 Å². The Morgan fingerprint density at radius 2 is 0.681 bits per heavy atom. The Balaban J connectivity index is 0.940. The maximum absolute atomic E-state index is 5.26. The van der Waals surface area contributed by atoms with Crippen LogP contribution in [0, 0.1) is 0 Å². The van der Waals surface area contributed by atoms with E-state index in [0.717, 1.165) is 22.5 Å². The SMILES string of the molecule is C=C/C=C(\C)c1c2c(c(-c3ccccc3)c3ccccc13)-c1cccc3c(-c4cnc(-c5ccc6c7c(cccc57)-c5c-6c(-c6ccccc6)c6ccccc6c5-c5ccccc5)cn4)ccc-2c13. The number of hydrogen-bond acceptors (Lipinski definition) is 2. The third kappa shape index (κ3) is 5.67. The zero-order valence-electron chi connectivity index (χ0n) is 38.0. The van der Waals surface area contributed by atoms with Gasteiger partial charge in [0.15, 0.2) is 0 Å². The van der Waals surface area contributed by atoms with Crippen LogP contribution in [0.5, 0.6) is 0 Å². The Kier molecular flexibility index (Phi) is 8.68. The van der Waals surface area contributed by atoms with Gasteiger partial charge in [0, 0.05) is 11.1 Å². The van der Waals surface area contributed by atoms with Crippen LogP contribution in [-0.2, 0) is 0 Å². The predicted molar refractivity (Wildman–Crippen MR) is 292 cm³/mol. The van der Waals surface area contributed by atoms with Crippen molar-refractivity contribution >= 4 is 48.7 Å². The van der Waals surface area contributed by atoms with Crippen LogP contribution in [-0.4, -0.2) is 9.97 Å². The van der Waals surface area contributed by atoms with Crippen molar-refractivity contribution in [2.45, 2.75) is 6.92 Å². The summed E-state index contributed by atoms with van der Waals surface area (Å²) in [5, 5.41) is 9.84. The minimum Gasteiger partial charge on any atom is -0.252 e. The van der Waals surface area contributed by atoms with Gasteiger partial charge in [-0.15, -0.1) is 0 Å². The molecule has 0 aliphatic heterocycles. The molecular formula is C67H42N2. The first-order valence-corrected chi connectivity index (χ1v) is 23.8. The monoisotopic (exact) mass is 874 g/mol. The van der Waals surface area contributed by atoms with E-state index in [-0.39, 0.29) is 0 Å². The van der Waals surface area contributed by atoms with Crippen LogP contribution in [0.3, 0.4) is 0 Å². The molecule has 0 fully saturated rings. The molecule has 12 aromatic rings. The summed E-state index contributed by atoms with van der Waals surface area (Å²) < 4.78 is 0. The lowest BCUT2D eigenvalue weighted by Crippen LogP contribution is -1.95. The van der Waals surface area contributed by atoms with Crippen LogP contribution in [0.15, 0.2) is 231 Å². The second kappa shape index (κ2) is 15.3. The van der Waals surface area contributed by atoms with E-state index in [1.807, 2.05) is 18.5 Å². The van der Waals surface area contributed by atoms with Crippen molar-refractivity contribution in [1.82, 2.24) is 9.97 Å². The van der Waals surface area contributed by atoms with E-state index in [2.05, 4.69) is 220 Å². The summed E-state index contributed by atoms with van der Waals surface area (Å²) in [6, 6.07) is 73.2. The van der Waals surface area contributed by atoms with Crippen LogP contribution >= 0.6 is 0 Å². The summed E-state index contributed by atoms with van der Waals surface area (Å²) in [6.45, 7) is 6.31. The van der Waals surface area contributed by atoms with Crippen molar-refractivity contribution in [2.24, 2.45) is 0 Å². The molecule has 14 rings (SSSR count). The van der Waals surface area contributed by atoms with E-state index >= 15 is 0 Å². The maximum Gasteiger partial charge on any atom is 0.0891 e. The topological polar surface area (TPSA) is 25.8 Å². The predicted octanol–water partition coefficient (Wildman–Crippen LogP) is 18.3. The van der Waals surface area contributed by atoms with Crippen LogP contribution in [0.2, 0.25) is 0 Å². The number of nitrogens with zero attached hydrogens (tertiary/aromatic N) is 2. The van der Waals surface area contributed by atoms with Crippen LogP contribution in [0.25, 0.3) is 149 Å². The Morgan fingerprint density at radius 1 is 0.333 bits per heavy atom. The van der Waals surface area contributed by atoms with Gasteiger partial charge < -0.3 is 0 Å². The van der Waals surface area contributed by atoms with E-state index in [4.69, 9.17) is 9.97 Å². The summed E-state index contributed by atoms with van der Waals surface area (Å²) in [7, 11) is 0. The minimum atomic E-state index is 0.847. The fourth-order valence-corrected chi connectivity index (χ4v) is 12.0. The molecule has 2 aliphatic rings. The highest BCUT2D eigenvalue weighted by Gasteiger charge is 2.33. The van der Waals surface area contributed by atoms with Gasteiger partial charge in [-0.2, -0.15) is 0 Å². The van der Waals surface area contributed by atoms with E-state index in [9.17, 15) is 0 Å². The quantitative estimate of drug-likeness (QED) is 0.149. The summed E-state index contributed by atoms with van der Waals surface area (Å²) in [4.78, 5) is 10.5. The van der Waals surface area contributed by atoms with Gasteiger partial charge in [-0.3, -0.25) is 9.97 Å². The molecule has 11 aromatic carbocycles. The minimum absolute atomic E-state index is 0.847. The molecule has 1 heterocycles. The molecular weight excluding hydrogens is 833 g/mol. The molecule has 1 aromatic heterocycles. The van der Waals surface area contributed by atoms with Gasteiger partial charge in [0.2, 0.25) is 0 Å². The average molecular weight is 875 g/mol. The van der Waals surface area contributed by atoms with Gasteiger partial charge in [0.25, 0.3) is 0 Å². The normalized spacial score (nSPS) is 12.3. The highest BCUT2D eigenvalue weighted by Crippen LogP contribution is 2.60. The highest BCUT2D eigenvalue weighted by atomic mass is 14.8. The van der Waals surface area contributed by atoms with Crippen molar-refractivity contribution in [2.75, 3.05) is 0 Å². The third-order valence-corrected chi connectivity index (χ3v) is 14.7. The van der Waals surface area contributed by atoms with Crippen molar-refractivity contribution in [3.8, 4) is 100 Å². The van der Waals surface area contributed by atoms with Crippen molar-refractivity contribution in [3.63, 3.8) is 0 Å². The Hall–Kier alpha value is -8.98. The molecule has 0 N–H and O–H groups in total. The number of allylic oxidation sites excluding steroid dienone is 3. The molecule has 0 radical (unpaired) electrons. The Bertz CT molecular complexity index is 4070. The molecule has 0 unspecified atom stereocenters. The lowest BCUT2D eigenvalue weighted by atomic mass is 9.82. The van der Waals surface area contributed by atoms with E-state index < -0.39 is 0 Å². The van der Waals surface area contributed by atoms with Crippen LogP contribution in [0.1, 0.15) is 12.5 Å². The van der Waals surface area contributed by atoms with Crippen LogP contribution < -0.4 is 0 Å². The Labute approximate surface area is 400 Å². The molecule has 0 bridgehead atoms. The second-order valence-electron chi connectivity index (χ2n) is 18.3. The zero-order valence-corrected chi connectivity index (χ0v) is 38.0. The lowest BCUT2D eigenvalue weighted by molar-refractivity contribution is 1.22. The molecule has 0 saturated carbocycles. The van der Waals surface area contributed by atoms with Gasteiger partial charge in [-0.05, 0) is 139 Å². The average Bonchev–Trinajstić information content (AvgIpc) is 3.92. The number of hydrogen-bond donors (Lipinski definition) is 0. The Morgan fingerprint density at radius 3 is 1.12 bits per heavy atom. The molecule has 0 atom stereocenters. The third-order valence-electron chi connectivity index (χ3n) is 14.7. The molecule has 2 heteroatoms. The zero-order chi connectivity index (χ0) is 45.7. The standard InChI is InChI=1S/C67H42N2/c1-3-19-40(2)58-48-26-13-14-27-49(48)59(41-20-7-4-8-21-41)65-52-32-17-30-46-44(34-36-54(62(46)52)64(58)65)56-38-69-57(39-68-56)45-35-37-55-63-47(45)31-18-33-53(63)66-60(42-22-9-5-10-23-42)50-28-15-16-29-51(50)61(67(55)66)43-24-11-6-12-25-43/h3-39H,1H2,2H3/b40-19+. The molecule has 2 nitrogen and oxygen atoms in total. The van der Waals surface area contributed by atoms with Crippen molar-refractivity contribution < 1.29 is 0 Å². The molecule has 0 saturated heterocycles. The largest absolute Gasteiger partial charge is 0.252 e. The van der Waals surface area contributed by atoms with E-state index in [0.29, 0.717) is 0 Å². The lowest BCUT2D eigenvalue weighted by Gasteiger charge is -2.20. The summed E-state index contributed by atoms with van der Waals surface area (Å²) in [5.74, 6) is 0. The molecule has 0 spiro atoms. The fraction of sp³-hybridized carbons (Fsp3) is 0.0149. The van der Waals surface area contributed by atoms with Crippen LogP contribution in [0.4, 0.5) is 0 Å². The molecule has 69 heavy (non-hydrogen) atoms. The number of benzene rings is 11. The fourth-order valence-electron chi connectivity index (χ4n) is 12.0. The summed E-state index contributed by atoms with van der Waals surface area (Å²) >= 11 is 0. The van der Waals surface area contributed by atoms with Crippen molar-refractivity contribution in [3.05, 3.63) is 237 Å². The first-order chi connectivity index (χ1) is 34.2. The number of aromatic nitrogens is 2. The molecule has 0 amide bonds. The van der Waals surface area contributed by atoms with Gasteiger partial charge in [0.1, 0.15) is 0 Å². The highest BCUT2D eigenvalue weighted by molar-refractivity contribution is 6.30. The first kappa shape index (κ1) is 39.2. The second-order valence-corrected chi connectivity index (χ2v) is 18.3. The summed E-state index contributed by atoms with van der Waals surface area (Å²) in [5.41, 5.74) is 23.8. The summed E-state index contributed by atoms with van der Waals surface area (Å²) in [6.07, 6.45) is 7.99. The maximum atomic E-state index is 5.26. The van der Waals surface area contributed by atoms with Gasteiger partial charge in [-0.1, -0.05) is 219 Å².